The fourth-order valence-corrected chi connectivity index (χ4v) is 5.45. The maximum atomic E-state index is 13.0. The zero-order valence-electron chi connectivity index (χ0n) is 19.1. The van der Waals surface area contributed by atoms with Crippen LogP contribution >= 0.6 is 0 Å². The Morgan fingerprint density at radius 2 is 1.69 bits per heavy atom. The van der Waals surface area contributed by atoms with Gasteiger partial charge in [0.1, 0.15) is 0 Å². The topological polar surface area (TPSA) is 61.9 Å². The molecular weight excluding hydrogens is 402 g/mol. The van der Waals surface area contributed by atoms with Gasteiger partial charge in [0.05, 0.1) is 13.2 Å². The second-order valence-corrected chi connectivity index (χ2v) is 9.45. The van der Waals surface area contributed by atoms with Crippen molar-refractivity contribution < 1.29 is 14.3 Å². The summed E-state index contributed by atoms with van der Waals surface area (Å²) in [6, 6.07) is 9.86. The van der Waals surface area contributed by atoms with Gasteiger partial charge in [0.2, 0.25) is 11.8 Å². The lowest BCUT2D eigenvalue weighted by Gasteiger charge is -2.48. The molecule has 1 saturated carbocycles. The monoisotopic (exact) mass is 439 g/mol. The lowest BCUT2D eigenvalue weighted by molar-refractivity contribution is -0.132. The Bertz CT molecular complexity index is 775. The van der Waals surface area contributed by atoms with Crippen molar-refractivity contribution in [2.75, 3.05) is 45.9 Å². The third-order valence-electron chi connectivity index (χ3n) is 7.45. The van der Waals surface area contributed by atoms with Crippen molar-refractivity contribution in [2.45, 2.75) is 50.5 Å². The molecule has 3 fully saturated rings. The summed E-state index contributed by atoms with van der Waals surface area (Å²) in [7, 11) is 0. The van der Waals surface area contributed by atoms with Crippen LogP contribution in [0.25, 0.3) is 6.08 Å². The highest BCUT2D eigenvalue weighted by Gasteiger charge is 2.39. The van der Waals surface area contributed by atoms with Crippen molar-refractivity contribution >= 4 is 17.9 Å². The van der Waals surface area contributed by atoms with Crippen LogP contribution in [0.3, 0.4) is 0 Å². The second-order valence-electron chi connectivity index (χ2n) is 9.45. The van der Waals surface area contributed by atoms with Gasteiger partial charge in [-0.3, -0.25) is 14.5 Å². The van der Waals surface area contributed by atoms with E-state index in [0.29, 0.717) is 13.1 Å². The molecule has 6 heteroatoms. The molecule has 2 saturated heterocycles. The van der Waals surface area contributed by atoms with E-state index < -0.39 is 0 Å². The van der Waals surface area contributed by atoms with Gasteiger partial charge in [-0.05, 0) is 37.3 Å². The molecule has 1 N–H and O–H groups in total. The molecule has 32 heavy (non-hydrogen) atoms. The highest BCUT2D eigenvalue weighted by atomic mass is 16.5. The van der Waals surface area contributed by atoms with E-state index in [1.54, 1.807) is 6.08 Å². The van der Waals surface area contributed by atoms with Gasteiger partial charge in [-0.15, -0.1) is 0 Å². The van der Waals surface area contributed by atoms with Gasteiger partial charge in [0, 0.05) is 50.3 Å². The minimum atomic E-state index is 0.00230. The number of amides is 2. The van der Waals surface area contributed by atoms with Crippen LogP contribution in [0.1, 0.15) is 50.5 Å². The third-order valence-corrected chi connectivity index (χ3v) is 7.45. The summed E-state index contributed by atoms with van der Waals surface area (Å²) in [5, 5.41) is 3.31. The van der Waals surface area contributed by atoms with E-state index in [2.05, 4.69) is 10.2 Å². The molecule has 0 radical (unpaired) electrons. The molecule has 0 spiro atoms. The van der Waals surface area contributed by atoms with E-state index in [-0.39, 0.29) is 23.3 Å². The van der Waals surface area contributed by atoms with E-state index in [4.69, 9.17) is 4.74 Å². The van der Waals surface area contributed by atoms with Crippen LogP contribution in [0.5, 0.6) is 0 Å². The number of hydrogen-bond donors (Lipinski definition) is 1. The van der Waals surface area contributed by atoms with E-state index in [9.17, 15) is 9.59 Å². The zero-order valence-corrected chi connectivity index (χ0v) is 19.1. The summed E-state index contributed by atoms with van der Waals surface area (Å²) in [5.41, 5.74) is 1.11. The molecule has 4 rings (SSSR count). The fraction of sp³-hybridized carbons (Fsp3) is 0.615. The Labute approximate surface area is 192 Å². The molecule has 0 atom stereocenters. The van der Waals surface area contributed by atoms with Crippen molar-refractivity contribution in [3.05, 3.63) is 42.0 Å². The molecule has 0 unspecified atom stereocenters. The van der Waals surface area contributed by atoms with Crippen LogP contribution in [0, 0.1) is 5.92 Å². The molecule has 0 bridgehead atoms. The molecule has 2 heterocycles. The molecule has 1 aromatic carbocycles. The van der Waals surface area contributed by atoms with E-state index in [0.717, 1.165) is 64.1 Å². The van der Waals surface area contributed by atoms with E-state index in [1.807, 2.05) is 41.3 Å². The molecule has 0 aromatic heterocycles. The molecule has 1 aromatic rings. The van der Waals surface area contributed by atoms with Gasteiger partial charge in [-0.2, -0.15) is 0 Å². The van der Waals surface area contributed by atoms with Gasteiger partial charge in [-0.25, -0.2) is 0 Å². The van der Waals surface area contributed by atoms with Crippen molar-refractivity contribution in [2.24, 2.45) is 5.92 Å². The lowest BCUT2D eigenvalue weighted by atomic mass is 9.79. The summed E-state index contributed by atoms with van der Waals surface area (Å²) in [4.78, 5) is 29.9. The van der Waals surface area contributed by atoms with Gasteiger partial charge in [0.25, 0.3) is 0 Å². The van der Waals surface area contributed by atoms with Crippen LogP contribution in [0.2, 0.25) is 0 Å². The Hall–Kier alpha value is -2.18. The van der Waals surface area contributed by atoms with E-state index >= 15 is 0 Å². The SMILES string of the molecule is O=C(NCC1(N2CCOCC2)CCCCC1)C1CCN(C(=O)/C=C/c2ccccc2)CC1. The number of rotatable bonds is 6. The number of carbonyl (C=O) groups excluding carboxylic acids is 2. The molecule has 6 nitrogen and oxygen atoms in total. The maximum absolute atomic E-state index is 13.0. The highest BCUT2D eigenvalue weighted by Crippen LogP contribution is 2.34. The summed E-state index contributed by atoms with van der Waals surface area (Å²) in [6.45, 7) is 5.54. The third kappa shape index (κ3) is 5.78. The molecule has 1 aliphatic carbocycles. The van der Waals surface area contributed by atoms with Crippen LogP contribution in [0.15, 0.2) is 36.4 Å². The number of benzene rings is 1. The number of ether oxygens (including phenoxy) is 1. The summed E-state index contributed by atoms with van der Waals surface area (Å²) in [5.74, 6) is 0.193. The summed E-state index contributed by atoms with van der Waals surface area (Å²) in [6.07, 6.45) is 11.1. The zero-order chi connectivity index (χ0) is 22.2. The Balaban J connectivity index is 1.25. The van der Waals surface area contributed by atoms with Gasteiger partial charge < -0.3 is 15.0 Å². The molecular formula is C26H37N3O3. The standard InChI is InChI=1S/C26H37N3O3/c30-24(10-9-22-7-3-1-4-8-22)28-15-11-23(12-16-28)25(31)27-21-26(13-5-2-6-14-26)29-17-19-32-20-18-29/h1,3-4,7-10,23H,2,5-6,11-21H2,(H,27,31)/b10-9+. The quantitative estimate of drug-likeness (QED) is 0.692. The predicted molar refractivity (Wildman–Crippen MR) is 126 cm³/mol. The predicted octanol–water partition coefficient (Wildman–Crippen LogP) is 3.09. The average molecular weight is 440 g/mol. The van der Waals surface area contributed by atoms with Gasteiger partial charge in [0.15, 0.2) is 0 Å². The van der Waals surface area contributed by atoms with Gasteiger partial charge in [-0.1, -0.05) is 49.6 Å². The van der Waals surface area contributed by atoms with Crippen LogP contribution in [-0.4, -0.2) is 73.1 Å². The molecule has 174 valence electrons. The molecule has 2 aliphatic heterocycles. The first-order valence-corrected chi connectivity index (χ1v) is 12.3. The number of morpholine rings is 1. The average Bonchev–Trinajstić information content (AvgIpc) is 2.87. The van der Waals surface area contributed by atoms with Crippen molar-refractivity contribution in [3.63, 3.8) is 0 Å². The van der Waals surface area contributed by atoms with Crippen molar-refractivity contribution in [3.8, 4) is 0 Å². The maximum Gasteiger partial charge on any atom is 0.246 e. The van der Waals surface area contributed by atoms with Crippen molar-refractivity contribution in [1.29, 1.82) is 0 Å². The Morgan fingerprint density at radius 3 is 2.38 bits per heavy atom. The number of nitrogens with one attached hydrogen (secondary N) is 1. The Kier molecular flexibility index (Phi) is 7.98. The highest BCUT2D eigenvalue weighted by molar-refractivity contribution is 5.92. The van der Waals surface area contributed by atoms with Crippen LogP contribution in [0.4, 0.5) is 0 Å². The summed E-state index contributed by atoms with van der Waals surface area (Å²) < 4.78 is 5.56. The minimum absolute atomic E-state index is 0.00230. The second kappa shape index (κ2) is 11.1. The van der Waals surface area contributed by atoms with Crippen LogP contribution in [-0.2, 0) is 14.3 Å². The van der Waals surface area contributed by atoms with Gasteiger partial charge >= 0.3 is 0 Å². The van der Waals surface area contributed by atoms with E-state index in [1.165, 1.54) is 19.3 Å². The minimum Gasteiger partial charge on any atom is -0.379 e. The normalized spacial score (nSPS) is 22.7. The first kappa shape index (κ1) is 23.0. The number of carbonyl (C=O) groups is 2. The summed E-state index contributed by atoms with van der Waals surface area (Å²) >= 11 is 0. The molecule has 3 aliphatic rings. The number of hydrogen-bond acceptors (Lipinski definition) is 4. The smallest absolute Gasteiger partial charge is 0.246 e. The lowest BCUT2D eigenvalue weighted by Crippen LogP contribution is -2.60. The number of likely N-dealkylation sites (tertiary alicyclic amines) is 1. The molecule has 2 amide bonds. The largest absolute Gasteiger partial charge is 0.379 e. The first-order valence-electron chi connectivity index (χ1n) is 12.3. The van der Waals surface area contributed by atoms with Crippen molar-refractivity contribution in [1.82, 2.24) is 15.1 Å². The van der Waals surface area contributed by atoms with Crippen LogP contribution < -0.4 is 5.32 Å². The number of nitrogens with zero attached hydrogens (tertiary/aromatic N) is 2. The number of piperidine rings is 1. The first-order chi connectivity index (χ1) is 15.7. The Morgan fingerprint density at radius 1 is 1.00 bits per heavy atom. The fourth-order valence-electron chi connectivity index (χ4n) is 5.45.